The highest BCUT2D eigenvalue weighted by Gasteiger charge is 2.43. The van der Waals surface area contributed by atoms with E-state index in [4.69, 9.17) is 9.47 Å². The van der Waals surface area contributed by atoms with E-state index in [1.807, 2.05) is 18.2 Å². The van der Waals surface area contributed by atoms with Crippen LogP contribution in [0, 0.1) is 5.92 Å². The SMILES string of the molecule is COc1ccc(OC)c(C2CC2C(C)=O)c1. The highest BCUT2D eigenvalue weighted by molar-refractivity contribution is 5.82. The quantitative estimate of drug-likeness (QED) is 0.781. The number of Topliss-reactive ketones (excluding diaryl/α,β-unsaturated/α-hetero) is 1. The summed E-state index contributed by atoms with van der Waals surface area (Å²) >= 11 is 0. The van der Waals surface area contributed by atoms with E-state index in [0.717, 1.165) is 23.5 Å². The number of carbonyl (C=O) groups excluding carboxylic acids is 1. The summed E-state index contributed by atoms with van der Waals surface area (Å²) in [6.45, 7) is 1.65. The zero-order valence-corrected chi connectivity index (χ0v) is 9.82. The second kappa shape index (κ2) is 4.16. The Kier molecular flexibility index (Phi) is 2.86. The Balaban J connectivity index is 2.28. The Hall–Kier alpha value is -1.51. The van der Waals surface area contributed by atoms with Crippen molar-refractivity contribution in [3.63, 3.8) is 0 Å². The topological polar surface area (TPSA) is 35.5 Å². The molecule has 2 rings (SSSR count). The molecule has 1 fully saturated rings. The normalized spacial score (nSPS) is 22.7. The van der Waals surface area contributed by atoms with Crippen LogP contribution in [0.3, 0.4) is 0 Å². The molecular weight excluding hydrogens is 204 g/mol. The second-order valence-electron chi connectivity index (χ2n) is 4.17. The van der Waals surface area contributed by atoms with E-state index >= 15 is 0 Å². The van der Waals surface area contributed by atoms with Crippen molar-refractivity contribution in [3.8, 4) is 11.5 Å². The van der Waals surface area contributed by atoms with Crippen LogP contribution in [0.2, 0.25) is 0 Å². The van der Waals surface area contributed by atoms with Gasteiger partial charge in [0.1, 0.15) is 17.3 Å². The van der Waals surface area contributed by atoms with Crippen LogP contribution in [0.5, 0.6) is 11.5 Å². The van der Waals surface area contributed by atoms with Gasteiger partial charge in [0.05, 0.1) is 14.2 Å². The van der Waals surface area contributed by atoms with Crippen molar-refractivity contribution in [3.05, 3.63) is 23.8 Å². The Bertz CT molecular complexity index is 412. The average molecular weight is 220 g/mol. The first-order chi connectivity index (χ1) is 7.67. The largest absolute Gasteiger partial charge is 0.497 e. The predicted octanol–water partition coefficient (Wildman–Crippen LogP) is 2.40. The number of hydrogen-bond donors (Lipinski definition) is 0. The van der Waals surface area contributed by atoms with Gasteiger partial charge in [0.15, 0.2) is 0 Å². The van der Waals surface area contributed by atoms with Gasteiger partial charge in [0, 0.05) is 11.5 Å². The Morgan fingerprint density at radius 3 is 2.56 bits per heavy atom. The summed E-state index contributed by atoms with van der Waals surface area (Å²) in [5.74, 6) is 2.39. The number of ketones is 1. The summed E-state index contributed by atoms with van der Waals surface area (Å²) in [4.78, 5) is 11.3. The molecule has 16 heavy (non-hydrogen) atoms. The fourth-order valence-corrected chi connectivity index (χ4v) is 2.12. The maximum absolute atomic E-state index is 11.3. The van der Waals surface area contributed by atoms with Crippen LogP contribution >= 0.6 is 0 Å². The molecule has 3 nitrogen and oxygen atoms in total. The average Bonchev–Trinajstić information content (AvgIpc) is 3.08. The molecule has 0 amide bonds. The lowest BCUT2D eigenvalue weighted by Crippen LogP contribution is -1.97. The van der Waals surface area contributed by atoms with E-state index in [0.29, 0.717) is 5.92 Å². The monoisotopic (exact) mass is 220 g/mol. The summed E-state index contributed by atoms with van der Waals surface area (Å²) in [5, 5.41) is 0. The minimum atomic E-state index is 0.168. The third kappa shape index (κ3) is 1.90. The van der Waals surface area contributed by atoms with Crippen LogP contribution in [-0.4, -0.2) is 20.0 Å². The Labute approximate surface area is 95.4 Å². The molecule has 86 valence electrons. The summed E-state index contributed by atoms with van der Waals surface area (Å²) < 4.78 is 10.5. The molecule has 0 bridgehead atoms. The molecule has 0 N–H and O–H groups in total. The van der Waals surface area contributed by atoms with Crippen LogP contribution in [0.1, 0.15) is 24.8 Å². The van der Waals surface area contributed by atoms with E-state index in [9.17, 15) is 4.79 Å². The number of hydrogen-bond acceptors (Lipinski definition) is 3. The zero-order valence-electron chi connectivity index (χ0n) is 9.82. The number of benzene rings is 1. The van der Waals surface area contributed by atoms with Gasteiger partial charge in [0.25, 0.3) is 0 Å². The standard InChI is InChI=1S/C13H16O3/c1-8(14)10-7-11(10)12-6-9(15-2)4-5-13(12)16-3/h4-6,10-11H,7H2,1-3H3. The molecule has 1 aliphatic carbocycles. The first-order valence-corrected chi connectivity index (χ1v) is 5.39. The molecule has 0 heterocycles. The van der Waals surface area contributed by atoms with Crippen molar-refractivity contribution in [2.24, 2.45) is 5.92 Å². The Morgan fingerprint density at radius 2 is 2.06 bits per heavy atom. The van der Waals surface area contributed by atoms with Crippen LogP contribution < -0.4 is 9.47 Å². The van der Waals surface area contributed by atoms with Gasteiger partial charge in [-0.2, -0.15) is 0 Å². The summed E-state index contributed by atoms with van der Waals surface area (Å²) in [6, 6.07) is 5.73. The molecule has 0 saturated heterocycles. The lowest BCUT2D eigenvalue weighted by Gasteiger charge is -2.09. The molecule has 0 spiro atoms. The molecule has 0 aromatic heterocycles. The maximum atomic E-state index is 11.3. The molecule has 1 saturated carbocycles. The third-order valence-electron chi connectivity index (χ3n) is 3.15. The van der Waals surface area contributed by atoms with Crippen LogP contribution in [0.25, 0.3) is 0 Å². The fourth-order valence-electron chi connectivity index (χ4n) is 2.12. The fraction of sp³-hybridized carbons (Fsp3) is 0.462. The van der Waals surface area contributed by atoms with Crippen molar-refractivity contribution >= 4 is 5.78 Å². The lowest BCUT2D eigenvalue weighted by atomic mass is 10.1. The van der Waals surface area contributed by atoms with Gasteiger partial charge in [-0.05, 0) is 37.5 Å². The highest BCUT2D eigenvalue weighted by atomic mass is 16.5. The van der Waals surface area contributed by atoms with Gasteiger partial charge in [0.2, 0.25) is 0 Å². The first-order valence-electron chi connectivity index (χ1n) is 5.39. The molecule has 1 aliphatic rings. The number of carbonyl (C=O) groups is 1. The van der Waals surface area contributed by atoms with Gasteiger partial charge >= 0.3 is 0 Å². The van der Waals surface area contributed by atoms with Gasteiger partial charge in [-0.25, -0.2) is 0 Å². The van der Waals surface area contributed by atoms with Gasteiger partial charge in [-0.1, -0.05) is 0 Å². The highest BCUT2D eigenvalue weighted by Crippen LogP contribution is 2.51. The van der Waals surface area contributed by atoms with Crippen molar-refractivity contribution in [1.82, 2.24) is 0 Å². The summed E-state index contributed by atoms with van der Waals surface area (Å²) in [5.41, 5.74) is 1.09. The first kappa shape index (κ1) is 11.0. The Morgan fingerprint density at radius 1 is 1.31 bits per heavy atom. The van der Waals surface area contributed by atoms with E-state index in [1.54, 1.807) is 21.1 Å². The predicted molar refractivity (Wildman–Crippen MR) is 61.1 cm³/mol. The molecular formula is C13H16O3. The van der Waals surface area contributed by atoms with E-state index < -0.39 is 0 Å². The third-order valence-corrected chi connectivity index (χ3v) is 3.15. The number of ether oxygens (including phenoxy) is 2. The van der Waals surface area contributed by atoms with Gasteiger partial charge < -0.3 is 9.47 Å². The van der Waals surface area contributed by atoms with Crippen LogP contribution in [-0.2, 0) is 4.79 Å². The molecule has 1 aromatic rings. The zero-order chi connectivity index (χ0) is 11.7. The summed E-state index contributed by atoms with van der Waals surface area (Å²) in [7, 11) is 3.29. The minimum absolute atomic E-state index is 0.168. The number of rotatable bonds is 4. The van der Waals surface area contributed by atoms with E-state index in [2.05, 4.69) is 0 Å². The van der Waals surface area contributed by atoms with Crippen molar-refractivity contribution in [2.45, 2.75) is 19.3 Å². The van der Waals surface area contributed by atoms with Crippen molar-refractivity contribution < 1.29 is 14.3 Å². The summed E-state index contributed by atoms with van der Waals surface area (Å²) in [6.07, 6.45) is 0.929. The molecule has 0 radical (unpaired) electrons. The maximum Gasteiger partial charge on any atom is 0.133 e. The second-order valence-corrected chi connectivity index (χ2v) is 4.17. The van der Waals surface area contributed by atoms with Crippen LogP contribution in [0.4, 0.5) is 0 Å². The molecule has 2 unspecified atom stereocenters. The van der Waals surface area contributed by atoms with E-state index in [1.165, 1.54) is 0 Å². The molecule has 0 aliphatic heterocycles. The number of methoxy groups -OCH3 is 2. The lowest BCUT2D eigenvalue weighted by molar-refractivity contribution is -0.118. The van der Waals surface area contributed by atoms with Gasteiger partial charge in [-0.3, -0.25) is 4.79 Å². The van der Waals surface area contributed by atoms with Crippen molar-refractivity contribution in [1.29, 1.82) is 0 Å². The van der Waals surface area contributed by atoms with Gasteiger partial charge in [-0.15, -0.1) is 0 Å². The smallest absolute Gasteiger partial charge is 0.133 e. The van der Waals surface area contributed by atoms with E-state index in [-0.39, 0.29) is 11.7 Å². The molecule has 3 heteroatoms. The molecule has 2 atom stereocenters. The van der Waals surface area contributed by atoms with Crippen molar-refractivity contribution in [2.75, 3.05) is 14.2 Å². The minimum Gasteiger partial charge on any atom is -0.497 e. The van der Waals surface area contributed by atoms with Crippen LogP contribution in [0.15, 0.2) is 18.2 Å². The molecule has 1 aromatic carbocycles.